The van der Waals surface area contributed by atoms with Gasteiger partial charge in [-0.05, 0) is 13.0 Å². The largest absolute Gasteiger partial charge is 0.333 e. The Hall–Kier alpha value is -2.25. The summed E-state index contributed by atoms with van der Waals surface area (Å²) in [6.45, 7) is -1.09. The Labute approximate surface area is 101 Å². The van der Waals surface area contributed by atoms with E-state index in [-0.39, 0.29) is 5.69 Å². The van der Waals surface area contributed by atoms with Gasteiger partial charge in [0, 0.05) is 13.2 Å². The summed E-state index contributed by atoms with van der Waals surface area (Å²) < 4.78 is 27.0. The van der Waals surface area contributed by atoms with E-state index in [9.17, 15) is 13.6 Å². The van der Waals surface area contributed by atoms with Gasteiger partial charge in [0.05, 0.1) is 17.6 Å². The Morgan fingerprint density at radius 1 is 1.44 bits per heavy atom. The van der Waals surface area contributed by atoms with Crippen LogP contribution >= 0.6 is 0 Å². The Balaban J connectivity index is 2.22. The molecule has 0 aliphatic heterocycles. The highest BCUT2D eigenvalue weighted by molar-refractivity contribution is 6.03. The monoisotopic (exact) mass is 255 g/mol. The van der Waals surface area contributed by atoms with E-state index in [2.05, 4.69) is 15.5 Å². The van der Waals surface area contributed by atoms with E-state index in [1.807, 2.05) is 0 Å². The molecule has 0 aromatic carbocycles. The molecule has 2 aromatic rings. The molecule has 0 saturated carbocycles. The number of nitrogens with zero attached hydrogens (tertiary/aromatic N) is 4. The van der Waals surface area contributed by atoms with Crippen LogP contribution in [0.3, 0.4) is 0 Å². The van der Waals surface area contributed by atoms with Gasteiger partial charge < -0.3 is 5.32 Å². The predicted molar refractivity (Wildman–Crippen MR) is 59.4 cm³/mol. The number of nitrogens with one attached hydrogen (secondary N) is 1. The van der Waals surface area contributed by atoms with Gasteiger partial charge in [0.15, 0.2) is 0 Å². The number of carbonyl (C=O) groups excluding carboxylic acids is 1. The average molecular weight is 255 g/mol. The summed E-state index contributed by atoms with van der Waals surface area (Å²) >= 11 is 0. The SMILES string of the molecule is Cc1c(NC(=O)c2ccnn2C(F)F)cnn1C. The van der Waals surface area contributed by atoms with Gasteiger partial charge >= 0.3 is 6.55 Å². The van der Waals surface area contributed by atoms with E-state index >= 15 is 0 Å². The number of alkyl halides is 2. The van der Waals surface area contributed by atoms with Crippen LogP contribution in [0.4, 0.5) is 14.5 Å². The lowest BCUT2D eigenvalue weighted by atomic mass is 10.3. The molecule has 0 aliphatic rings. The molecule has 2 aromatic heterocycles. The van der Waals surface area contributed by atoms with Crippen LogP contribution in [-0.4, -0.2) is 25.5 Å². The molecular weight excluding hydrogens is 244 g/mol. The fourth-order valence-electron chi connectivity index (χ4n) is 1.46. The van der Waals surface area contributed by atoms with Crippen LogP contribution in [0.1, 0.15) is 22.7 Å². The van der Waals surface area contributed by atoms with Crippen molar-refractivity contribution in [3.8, 4) is 0 Å². The standard InChI is InChI=1S/C10H11F2N5O/c1-6-7(5-14-16(6)2)15-9(18)8-3-4-13-17(8)10(11)12/h3-5,10H,1-2H3,(H,15,18). The molecule has 0 fully saturated rings. The predicted octanol–water partition coefficient (Wildman–Crippen LogP) is 1.57. The summed E-state index contributed by atoms with van der Waals surface area (Å²) in [6.07, 6.45) is 2.60. The van der Waals surface area contributed by atoms with Gasteiger partial charge in [-0.25, -0.2) is 0 Å². The molecule has 2 heterocycles. The van der Waals surface area contributed by atoms with Gasteiger partial charge in [0.1, 0.15) is 5.69 Å². The van der Waals surface area contributed by atoms with Crippen LogP contribution in [0.15, 0.2) is 18.5 Å². The fraction of sp³-hybridized carbons (Fsp3) is 0.300. The van der Waals surface area contributed by atoms with Crippen LogP contribution in [-0.2, 0) is 7.05 Å². The van der Waals surface area contributed by atoms with Crippen molar-refractivity contribution in [2.45, 2.75) is 13.5 Å². The third-order valence-corrected chi connectivity index (χ3v) is 2.57. The van der Waals surface area contributed by atoms with E-state index in [0.29, 0.717) is 10.4 Å². The van der Waals surface area contributed by atoms with E-state index < -0.39 is 12.5 Å². The molecule has 1 amide bonds. The van der Waals surface area contributed by atoms with Crippen molar-refractivity contribution < 1.29 is 13.6 Å². The lowest BCUT2D eigenvalue weighted by Gasteiger charge is -2.06. The summed E-state index contributed by atoms with van der Waals surface area (Å²) in [5.41, 5.74) is 1.00. The van der Waals surface area contributed by atoms with Crippen molar-refractivity contribution in [2.75, 3.05) is 5.32 Å². The minimum absolute atomic E-state index is 0.201. The van der Waals surface area contributed by atoms with Gasteiger partial charge in [-0.1, -0.05) is 0 Å². The average Bonchev–Trinajstić information content (AvgIpc) is 2.91. The molecule has 1 N–H and O–H groups in total. The molecule has 8 heteroatoms. The van der Waals surface area contributed by atoms with Crippen molar-refractivity contribution >= 4 is 11.6 Å². The Morgan fingerprint density at radius 2 is 2.17 bits per heavy atom. The maximum atomic E-state index is 12.5. The van der Waals surface area contributed by atoms with Crippen LogP contribution in [0, 0.1) is 6.92 Å². The first kappa shape index (κ1) is 12.2. The molecule has 0 saturated heterocycles. The highest BCUT2D eigenvalue weighted by Gasteiger charge is 2.19. The molecule has 96 valence electrons. The Kier molecular flexibility index (Phi) is 3.09. The first-order valence-corrected chi connectivity index (χ1v) is 5.12. The van der Waals surface area contributed by atoms with Crippen molar-refractivity contribution in [1.82, 2.24) is 19.6 Å². The molecule has 0 unspecified atom stereocenters. The maximum absolute atomic E-state index is 12.5. The molecule has 6 nitrogen and oxygen atoms in total. The minimum atomic E-state index is -2.85. The topological polar surface area (TPSA) is 64.7 Å². The first-order valence-electron chi connectivity index (χ1n) is 5.12. The number of anilines is 1. The van der Waals surface area contributed by atoms with Crippen LogP contribution in [0.25, 0.3) is 0 Å². The highest BCUT2D eigenvalue weighted by atomic mass is 19.3. The molecule has 2 rings (SSSR count). The highest BCUT2D eigenvalue weighted by Crippen LogP contribution is 2.16. The van der Waals surface area contributed by atoms with Crippen molar-refractivity contribution in [2.24, 2.45) is 7.05 Å². The summed E-state index contributed by atoms with van der Waals surface area (Å²) in [5.74, 6) is -0.649. The molecule has 0 spiro atoms. The second-order valence-electron chi connectivity index (χ2n) is 3.66. The molecule has 0 bridgehead atoms. The quantitative estimate of drug-likeness (QED) is 0.905. The number of aryl methyl sites for hydroxylation is 1. The first-order chi connectivity index (χ1) is 8.50. The number of amides is 1. The lowest BCUT2D eigenvalue weighted by Crippen LogP contribution is -2.18. The number of carbonyl (C=O) groups is 1. The van der Waals surface area contributed by atoms with Crippen molar-refractivity contribution in [3.05, 3.63) is 29.8 Å². The summed E-state index contributed by atoms with van der Waals surface area (Å²) in [6, 6.07) is 1.23. The summed E-state index contributed by atoms with van der Waals surface area (Å²) in [5, 5.41) is 9.84. The van der Waals surface area contributed by atoms with Crippen LogP contribution < -0.4 is 5.32 Å². The number of aromatic nitrogens is 4. The third-order valence-electron chi connectivity index (χ3n) is 2.57. The fourth-order valence-corrected chi connectivity index (χ4v) is 1.46. The zero-order chi connectivity index (χ0) is 13.3. The van der Waals surface area contributed by atoms with E-state index in [1.165, 1.54) is 12.3 Å². The maximum Gasteiger partial charge on any atom is 0.333 e. The zero-order valence-corrected chi connectivity index (χ0v) is 9.76. The van der Waals surface area contributed by atoms with E-state index in [1.54, 1.807) is 18.7 Å². The molecule has 18 heavy (non-hydrogen) atoms. The number of rotatable bonds is 3. The van der Waals surface area contributed by atoms with Crippen LogP contribution in [0.5, 0.6) is 0 Å². The molecular formula is C10H11F2N5O. The number of hydrogen-bond acceptors (Lipinski definition) is 3. The lowest BCUT2D eigenvalue weighted by molar-refractivity contribution is 0.0520. The van der Waals surface area contributed by atoms with Gasteiger partial charge in [-0.2, -0.15) is 23.7 Å². The third kappa shape index (κ3) is 2.08. The Morgan fingerprint density at radius 3 is 2.72 bits per heavy atom. The van der Waals surface area contributed by atoms with Crippen LogP contribution in [0.2, 0.25) is 0 Å². The molecule has 0 aliphatic carbocycles. The zero-order valence-electron chi connectivity index (χ0n) is 9.76. The molecule has 0 radical (unpaired) electrons. The Bertz CT molecular complexity index is 575. The van der Waals surface area contributed by atoms with Crippen molar-refractivity contribution in [3.63, 3.8) is 0 Å². The normalized spacial score (nSPS) is 10.9. The van der Waals surface area contributed by atoms with Gasteiger partial charge in [0.2, 0.25) is 0 Å². The number of halogens is 2. The molecule has 0 atom stereocenters. The summed E-state index contributed by atoms with van der Waals surface area (Å²) in [4.78, 5) is 11.8. The smallest absolute Gasteiger partial charge is 0.318 e. The summed E-state index contributed by atoms with van der Waals surface area (Å²) in [7, 11) is 1.72. The van der Waals surface area contributed by atoms with Gasteiger partial charge in [-0.15, -0.1) is 0 Å². The number of hydrogen-bond donors (Lipinski definition) is 1. The van der Waals surface area contributed by atoms with E-state index in [0.717, 1.165) is 11.9 Å². The van der Waals surface area contributed by atoms with E-state index in [4.69, 9.17) is 0 Å². The second-order valence-corrected chi connectivity index (χ2v) is 3.66. The van der Waals surface area contributed by atoms with Gasteiger partial charge in [0.25, 0.3) is 5.91 Å². The minimum Gasteiger partial charge on any atom is -0.318 e. The van der Waals surface area contributed by atoms with Crippen molar-refractivity contribution in [1.29, 1.82) is 0 Å². The van der Waals surface area contributed by atoms with Gasteiger partial charge in [-0.3, -0.25) is 9.48 Å². The second kappa shape index (κ2) is 4.55.